The van der Waals surface area contributed by atoms with Crippen LogP contribution < -0.4 is 5.73 Å². The topological polar surface area (TPSA) is 70.0 Å². The van der Waals surface area contributed by atoms with Gasteiger partial charge in [-0.3, -0.25) is 0 Å². The maximum Gasteiger partial charge on any atom is 0.0991 e. The van der Waals surface area contributed by atoms with E-state index >= 15 is 0 Å². The fraction of sp³-hybridized carbons (Fsp3) is 0.300. The van der Waals surface area contributed by atoms with Crippen LogP contribution in [0.15, 0.2) is 22.7 Å². The van der Waals surface area contributed by atoms with Crippen molar-refractivity contribution in [3.63, 3.8) is 0 Å². The summed E-state index contributed by atoms with van der Waals surface area (Å²) in [6.07, 6.45) is 0. The average molecular weight is 255 g/mol. The largest absolute Gasteiger partial charge is 0.396 e. The standard InChI is InChI=1S/C10H11BrN2O/c11-10-2-1-7(4-12)3-9(10)8(5-13)6-14/h1-3,8,14H,5-6,13H2. The average Bonchev–Trinajstić information content (AvgIpc) is 2.22. The summed E-state index contributed by atoms with van der Waals surface area (Å²) in [5.74, 6) is -0.113. The Labute approximate surface area is 91.3 Å². The lowest BCUT2D eigenvalue weighted by molar-refractivity contribution is 0.267. The second kappa shape index (κ2) is 5.11. The van der Waals surface area contributed by atoms with Crippen LogP contribution in [0.2, 0.25) is 0 Å². The van der Waals surface area contributed by atoms with Crippen LogP contribution in [0.25, 0.3) is 0 Å². The molecule has 0 aliphatic carbocycles. The van der Waals surface area contributed by atoms with Crippen molar-refractivity contribution in [3.8, 4) is 6.07 Å². The number of benzene rings is 1. The fourth-order valence-corrected chi connectivity index (χ4v) is 1.80. The van der Waals surface area contributed by atoms with E-state index in [0.29, 0.717) is 12.1 Å². The molecule has 1 aromatic carbocycles. The van der Waals surface area contributed by atoms with Crippen LogP contribution in [0.5, 0.6) is 0 Å². The molecule has 0 saturated heterocycles. The van der Waals surface area contributed by atoms with Gasteiger partial charge in [-0.05, 0) is 23.8 Å². The van der Waals surface area contributed by atoms with E-state index in [4.69, 9.17) is 16.1 Å². The van der Waals surface area contributed by atoms with Crippen LogP contribution in [0.4, 0.5) is 0 Å². The Hall–Kier alpha value is -0.890. The molecule has 14 heavy (non-hydrogen) atoms. The first-order valence-electron chi connectivity index (χ1n) is 4.23. The summed E-state index contributed by atoms with van der Waals surface area (Å²) >= 11 is 3.37. The van der Waals surface area contributed by atoms with Crippen LogP contribution in [0, 0.1) is 11.3 Å². The predicted molar refractivity (Wildman–Crippen MR) is 57.7 cm³/mol. The fourth-order valence-electron chi connectivity index (χ4n) is 1.23. The Balaban J connectivity index is 3.12. The van der Waals surface area contributed by atoms with Gasteiger partial charge in [-0.1, -0.05) is 15.9 Å². The lowest BCUT2D eigenvalue weighted by atomic mass is 9.98. The monoisotopic (exact) mass is 254 g/mol. The molecule has 0 saturated carbocycles. The van der Waals surface area contributed by atoms with Gasteiger partial charge in [-0.15, -0.1) is 0 Å². The van der Waals surface area contributed by atoms with E-state index in [1.807, 2.05) is 0 Å². The first-order valence-corrected chi connectivity index (χ1v) is 5.02. The third-order valence-electron chi connectivity index (χ3n) is 2.07. The Bertz CT molecular complexity index is 356. The molecule has 1 rings (SSSR count). The second-order valence-electron chi connectivity index (χ2n) is 2.96. The van der Waals surface area contributed by atoms with Gasteiger partial charge >= 0.3 is 0 Å². The number of hydrogen-bond acceptors (Lipinski definition) is 3. The number of nitrogens with two attached hydrogens (primary N) is 1. The number of rotatable bonds is 3. The number of aliphatic hydroxyl groups is 1. The maximum absolute atomic E-state index is 9.08. The molecule has 0 spiro atoms. The van der Waals surface area contributed by atoms with Crippen LogP contribution in [-0.2, 0) is 0 Å². The smallest absolute Gasteiger partial charge is 0.0991 e. The van der Waals surface area contributed by atoms with E-state index in [9.17, 15) is 0 Å². The second-order valence-corrected chi connectivity index (χ2v) is 3.82. The molecule has 0 heterocycles. The highest BCUT2D eigenvalue weighted by Gasteiger charge is 2.12. The zero-order valence-corrected chi connectivity index (χ0v) is 9.16. The van der Waals surface area contributed by atoms with Crippen molar-refractivity contribution in [2.75, 3.05) is 13.2 Å². The van der Waals surface area contributed by atoms with Crippen molar-refractivity contribution in [3.05, 3.63) is 33.8 Å². The molecule has 3 nitrogen and oxygen atoms in total. The first kappa shape index (κ1) is 11.2. The lowest BCUT2D eigenvalue weighted by Crippen LogP contribution is -2.16. The summed E-state index contributed by atoms with van der Waals surface area (Å²) in [5, 5.41) is 17.8. The summed E-state index contributed by atoms with van der Waals surface area (Å²) < 4.78 is 0.876. The highest BCUT2D eigenvalue weighted by molar-refractivity contribution is 9.10. The molecule has 0 aromatic heterocycles. The minimum Gasteiger partial charge on any atom is -0.396 e. The van der Waals surface area contributed by atoms with Gasteiger partial charge in [-0.2, -0.15) is 5.26 Å². The molecular weight excluding hydrogens is 244 g/mol. The maximum atomic E-state index is 9.08. The molecule has 0 radical (unpaired) electrons. The van der Waals surface area contributed by atoms with E-state index in [-0.39, 0.29) is 12.5 Å². The molecule has 74 valence electrons. The number of nitrogens with zero attached hydrogens (tertiary/aromatic N) is 1. The Morgan fingerprint density at radius 2 is 2.29 bits per heavy atom. The summed E-state index contributed by atoms with van der Waals surface area (Å²) in [5.41, 5.74) is 6.97. The van der Waals surface area contributed by atoms with Crippen LogP contribution in [0.3, 0.4) is 0 Å². The van der Waals surface area contributed by atoms with Crippen LogP contribution in [0.1, 0.15) is 17.0 Å². The van der Waals surface area contributed by atoms with Crippen molar-refractivity contribution in [1.82, 2.24) is 0 Å². The van der Waals surface area contributed by atoms with Crippen LogP contribution >= 0.6 is 15.9 Å². The Morgan fingerprint density at radius 3 is 2.79 bits per heavy atom. The van der Waals surface area contributed by atoms with Crippen LogP contribution in [-0.4, -0.2) is 18.3 Å². The van der Waals surface area contributed by atoms with E-state index in [0.717, 1.165) is 10.0 Å². The summed E-state index contributed by atoms with van der Waals surface area (Å²) in [6.45, 7) is 0.355. The molecular formula is C10H11BrN2O. The summed E-state index contributed by atoms with van der Waals surface area (Å²) in [7, 11) is 0. The summed E-state index contributed by atoms with van der Waals surface area (Å²) in [6, 6.07) is 7.32. The molecule has 0 bridgehead atoms. The van der Waals surface area contributed by atoms with E-state index in [1.54, 1.807) is 18.2 Å². The van der Waals surface area contributed by atoms with Crippen molar-refractivity contribution < 1.29 is 5.11 Å². The van der Waals surface area contributed by atoms with E-state index < -0.39 is 0 Å². The normalized spacial score (nSPS) is 12.1. The van der Waals surface area contributed by atoms with Gasteiger partial charge in [0.15, 0.2) is 0 Å². The third kappa shape index (κ3) is 2.32. The van der Waals surface area contributed by atoms with Crippen molar-refractivity contribution >= 4 is 15.9 Å². The third-order valence-corrected chi connectivity index (χ3v) is 2.79. The lowest BCUT2D eigenvalue weighted by Gasteiger charge is -2.13. The first-order chi connectivity index (χ1) is 6.72. The molecule has 3 N–H and O–H groups in total. The highest BCUT2D eigenvalue weighted by atomic mass is 79.9. The molecule has 0 aliphatic heterocycles. The SMILES string of the molecule is N#Cc1ccc(Br)c(C(CN)CO)c1. The Morgan fingerprint density at radius 1 is 1.57 bits per heavy atom. The predicted octanol–water partition coefficient (Wildman–Crippen LogP) is 1.36. The number of aliphatic hydroxyl groups excluding tert-OH is 1. The number of hydrogen-bond donors (Lipinski definition) is 2. The quantitative estimate of drug-likeness (QED) is 0.856. The minimum atomic E-state index is -0.113. The van der Waals surface area contributed by atoms with Gasteiger partial charge in [0.05, 0.1) is 18.2 Å². The minimum absolute atomic E-state index is 0.00994. The van der Waals surface area contributed by atoms with Crippen molar-refractivity contribution in [1.29, 1.82) is 5.26 Å². The van der Waals surface area contributed by atoms with E-state index in [1.165, 1.54) is 0 Å². The molecule has 0 amide bonds. The van der Waals surface area contributed by atoms with Gasteiger partial charge in [-0.25, -0.2) is 0 Å². The number of nitriles is 1. The zero-order valence-electron chi connectivity index (χ0n) is 7.57. The Kier molecular flexibility index (Phi) is 4.08. The molecule has 0 aliphatic rings. The van der Waals surface area contributed by atoms with Crippen molar-refractivity contribution in [2.24, 2.45) is 5.73 Å². The number of halogens is 1. The van der Waals surface area contributed by atoms with Gasteiger partial charge in [0.1, 0.15) is 0 Å². The molecule has 0 fully saturated rings. The zero-order chi connectivity index (χ0) is 10.6. The highest BCUT2D eigenvalue weighted by Crippen LogP contribution is 2.25. The van der Waals surface area contributed by atoms with E-state index in [2.05, 4.69) is 22.0 Å². The van der Waals surface area contributed by atoms with Crippen molar-refractivity contribution in [2.45, 2.75) is 5.92 Å². The van der Waals surface area contributed by atoms with Gasteiger partial charge in [0, 0.05) is 16.9 Å². The van der Waals surface area contributed by atoms with Gasteiger partial charge in [0.25, 0.3) is 0 Å². The molecule has 1 aromatic rings. The molecule has 4 heteroatoms. The van der Waals surface area contributed by atoms with Gasteiger partial charge in [0.2, 0.25) is 0 Å². The molecule has 1 unspecified atom stereocenters. The van der Waals surface area contributed by atoms with Gasteiger partial charge < -0.3 is 10.8 Å². The summed E-state index contributed by atoms with van der Waals surface area (Å²) in [4.78, 5) is 0. The molecule has 1 atom stereocenters.